The lowest BCUT2D eigenvalue weighted by molar-refractivity contribution is 0.146. The van der Waals surface area contributed by atoms with Crippen molar-refractivity contribution in [2.75, 3.05) is 6.26 Å². The number of sulfone groups is 1. The summed E-state index contributed by atoms with van der Waals surface area (Å²) in [6, 6.07) is 11.2. The summed E-state index contributed by atoms with van der Waals surface area (Å²) in [6.45, 7) is 0. The van der Waals surface area contributed by atoms with Crippen molar-refractivity contribution in [3.8, 4) is 12.1 Å². The molecule has 2 aromatic rings. The smallest absolute Gasteiger partial charge is 0.175 e. The fourth-order valence-corrected chi connectivity index (χ4v) is 5.00. The highest BCUT2D eigenvalue weighted by molar-refractivity contribution is 7.90. The van der Waals surface area contributed by atoms with E-state index in [9.17, 15) is 22.3 Å². The van der Waals surface area contributed by atoms with Gasteiger partial charge in [-0.1, -0.05) is 12.1 Å². The average molecular weight is 430 g/mol. The van der Waals surface area contributed by atoms with E-state index in [1.165, 1.54) is 18.2 Å². The van der Waals surface area contributed by atoms with Gasteiger partial charge in [-0.05, 0) is 60.6 Å². The number of rotatable bonds is 1. The van der Waals surface area contributed by atoms with E-state index in [0.29, 0.717) is 36.0 Å². The Morgan fingerprint density at radius 1 is 1.23 bits per heavy atom. The molecule has 30 heavy (non-hydrogen) atoms. The molecular formula is C22H20F2N2O3S. The van der Waals surface area contributed by atoms with Crippen molar-refractivity contribution in [2.45, 2.75) is 42.9 Å². The molecule has 0 saturated carbocycles. The van der Waals surface area contributed by atoms with Gasteiger partial charge in [-0.25, -0.2) is 17.2 Å². The number of alkyl halides is 1. The zero-order chi connectivity index (χ0) is 22.1. The van der Waals surface area contributed by atoms with Gasteiger partial charge in [-0.3, -0.25) is 0 Å². The van der Waals surface area contributed by atoms with Crippen LogP contribution in [0.25, 0.3) is 0 Å². The van der Waals surface area contributed by atoms with Crippen LogP contribution in [0.3, 0.4) is 0 Å². The van der Waals surface area contributed by atoms with Crippen molar-refractivity contribution in [1.29, 1.82) is 10.5 Å². The highest BCUT2D eigenvalue weighted by Crippen LogP contribution is 2.39. The summed E-state index contributed by atoms with van der Waals surface area (Å²) in [6.07, 6.45) is 1.26. The number of nitrogens with zero attached hydrogens (tertiary/aromatic N) is 2. The Bertz CT molecular complexity index is 1170. The van der Waals surface area contributed by atoms with Crippen LogP contribution in [-0.4, -0.2) is 19.8 Å². The molecule has 8 heteroatoms. The van der Waals surface area contributed by atoms with Crippen LogP contribution < -0.4 is 0 Å². The Morgan fingerprint density at radius 3 is 2.60 bits per heavy atom. The van der Waals surface area contributed by atoms with Crippen LogP contribution in [0.4, 0.5) is 8.78 Å². The number of halogens is 2. The van der Waals surface area contributed by atoms with Gasteiger partial charge >= 0.3 is 0 Å². The van der Waals surface area contributed by atoms with Crippen LogP contribution in [0.5, 0.6) is 0 Å². The van der Waals surface area contributed by atoms with Gasteiger partial charge in [0, 0.05) is 11.8 Å². The molecule has 156 valence electrons. The molecule has 0 aromatic heterocycles. The minimum absolute atomic E-state index is 0.134. The summed E-state index contributed by atoms with van der Waals surface area (Å²) < 4.78 is 49.5. The maximum atomic E-state index is 13.4. The van der Waals surface area contributed by atoms with E-state index in [1.54, 1.807) is 12.1 Å². The van der Waals surface area contributed by atoms with Crippen molar-refractivity contribution < 1.29 is 22.3 Å². The van der Waals surface area contributed by atoms with Gasteiger partial charge in [0.15, 0.2) is 9.84 Å². The summed E-state index contributed by atoms with van der Waals surface area (Å²) >= 11 is 0. The fourth-order valence-electron chi connectivity index (χ4n) is 4.02. The van der Waals surface area contributed by atoms with Crippen molar-refractivity contribution in [3.05, 3.63) is 64.0 Å². The second-order valence-electron chi connectivity index (χ2n) is 7.48. The predicted molar refractivity (Wildman–Crippen MR) is 105 cm³/mol. The standard InChI is InChI=1S/C11H9F2N.C11H11NO3S/c12-8-4-7(6-14)9-2-1-3-11(13)10(9)5-8;1-16(14,15)9-4-2-3-7-5-8(6-12)11(13)10(7)9/h4-5,11H,1-3H2;2-4,8,11,13H,5H2,1H3. The third kappa shape index (κ3) is 4.21. The van der Waals surface area contributed by atoms with E-state index in [4.69, 9.17) is 10.5 Å². The fraction of sp³-hybridized carbons (Fsp3) is 0.364. The lowest BCUT2D eigenvalue weighted by atomic mass is 9.87. The number of aliphatic hydroxyl groups is 1. The van der Waals surface area contributed by atoms with E-state index < -0.39 is 33.8 Å². The minimum atomic E-state index is -3.36. The molecule has 0 bridgehead atoms. The van der Waals surface area contributed by atoms with Crippen molar-refractivity contribution >= 4 is 9.84 Å². The number of aliphatic hydroxyl groups excluding tert-OH is 1. The molecule has 0 amide bonds. The topological polar surface area (TPSA) is 102 Å². The molecule has 4 rings (SSSR count). The first-order valence-corrected chi connectivity index (χ1v) is 11.3. The molecule has 2 aliphatic rings. The first kappa shape index (κ1) is 21.9. The summed E-state index contributed by atoms with van der Waals surface area (Å²) in [5, 5.41) is 27.5. The molecule has 1 N–H and O–H groups in total. The largest absolute Gasteiger partial charge is 0.387 e. The average Bonchev–Trinajstić information content (AvgIpc) is 3.04. The Morgan fingerprint density at radius 2 is 1.97 bits per heavy atom. The number of fused-ring (bicyclic) bond motifs is 2. The van der Waals surface area contributed by atoms with E-state index in [2.05, 4.69) is 0 Å². The van der Waals surface area contributed by atoms with E-state index in [-0.39, 0.29) is 10.5 Å². The molecule has 0 aliphatic heterocycles. The lowest BCUT2D eigenvalue weighted by Gasteiger charge is -2.20. The van der Waals surface area contributed by atoms with Crippen molar-refractivity contribution in [3.63, 3.8) is 0 Å². The Balaban J connectivity index is 0.000000172. The number of benzene rings is 2. The maximum Gasteiger partial charge on any atom is 0.175 e. The summed E-state index contributed by atoms with van der Waals surface area (Å²) in [5.41, 5.74) is 2.49. The van der Waals surface area contributed by atoms with Gasteiger partial charge in [0.1, 0.15) is 12.0 Å². The number of hydrogen-bond donors (Lipinski definition) is 1. The molecule has 3 atom stereocenters. The third-order valence-corrected chi connectivity index (χ3v) is 6.58. The second kappa shape index (κ2) is 8.51. The predicted octanol–water partition coefficient (Wildman–Crippen LogP) is 3.86. The van der Waals surface area contributed by atoms with Crippen molar-refractivity contribution in [1.82, 2.24) is 0 Å². The Kier molecular flexibility index (Phi) is 6.21. The highest BCUT2D eigenvalue weighted by Gasteiger charge is 2.35. The Hall–Kier alpha value is -2.81. The minimum Gasteiger partial charge on any atom is -0.387 e. The molecule has 0 radical (unpaired) electrons. The Labute approximate surface area is 174 Å². The molecule has 0 heterocycles. The normalized spacial score (nSPS) is 22.0. The van der Waals surface area contributed by atoms with Crippen LogP contribution in [-0.2, 0) is 22.7 Å². The van der Waals surface area contributed by atoms with Crippen molar-refractivity contribution in [2.24, 2.45) is 5.92 Å². The van der Waals surface area contributed by atoms with Gasteiger partial charge in [0.25, 0.3) is 0 Å². The third-order valence-electron chi connectivity index (χ3n) is 5.43. The molecule has 0 fully saturated rings. The van der Waals surface area contributed by atoms with Crippen LogP contribution in [0.15, 0.2) is 35.2 Å². The van der Waals surface area contributed by atoms with Crippen LogP contribution in [0.1, 0.15) is 52.9 Å². The van der Waals surface area contributed by atoms with E-state index in [0.717, 1.165) is 18.2 Å². The monoisotopic (exact) mass is 430 g/mol. The maximum absolute atomic E-state index is 13.4. The van der Waals surface area contributed by atoms with Gasteiger partial charge in [-0.2, -0.15) is 10.5 Å². The first-order valence-electron chi connectivity index (χ1n) is 9.43. The zero-order valence-corrected chi connectivity index (χ0v) is 17.1. The molecule has 0 spiro atoms. The number of hydrogen-bond acceptors (Lipinski definition) is 5. The SMILES string of the molecule is CS(=O)(=O)c1cccc2c1C(O)C(C#N)C2.N#Cc1cc(F)cc2c1CCCC2F. The van der Waals surface area contributed by atoms with Gasteiger partial charge < -0.3 is 5.11 Å². The first-order chi connectivity index (χ1) is 14.2. The summed E-state index contributed by atoms with van der Waals surface area (Å²) in [7, 11) is -3.36. The van der Waals surface area contributed by atoms with E-state index >= 15 is 0 Å². The molecule has 3 unspecified atom stereocenters. The molecule has 2 aromatic carbocycles. The second-order valence-corrected chi connectivity index (χ2v) is 9.46. The van der Waals surface area contributed by atoms with Crippen LogP contribution >= 0.6 is 0 Å². The van der Waals surface area contributed by atoms with Crippen LogP contribution in [0, 0.1) is 34.4 Å². The summed E-state index contributed by atoms with van der Waals surface area (Å²) in [4.78, 5) is 0.134. The van der Waals surface area contributed by atoms with Gasteiger partial charge in [-0.15, -0.1) is 0 Å². The van der Waals surface area contributed by atoms with Gasteiger partial charge in [0.2, 0.25) is 0 Å². The quantitative estimate of drug-likeness (QED) is 0.740. The van der Waals surface area contributed by atoms with E-state index in [1.807, 2.05) is 12.1 Å². The summed E-state index contributed by atoms with van der Waals surface area (Å²) in [5.74, 6) is -1.07. The molecule has 2 aliphatic carbocycles. The molecular weight excluding hydrogens is 410 g/mol. The zero-order valence-electron chi connectivity index (χ0n) is 16.3. The number of nitriles is 2. The van der Waals surface area contributed by atoms with Gasteiger partial charge in [0.05, 0.1) is 34.6 Å². The highest BCUT2D eigenvalue weighted by atomic mass is 32.2. The molecule has 5 nitrogen and oxygen atoms in total. The van der Waals surface area contributed by atoms with Crippen LogP contribution in [0.2, 0.25) is 0 Å². The molecule has 0 saturated heterocycles. The lowest BCUT2D eigenvalue weighted by Crippen LogP contribution is -2.08.